The zero-order valence-electron chi connectivity index (χ0n) is 12.2. The van der Waals surface area contributed by atoms with E-state index in [0.29, 0.717) is 17.9 Å². The highest BCUT2D eigenvalue weighted by Gasteiger charge is 2.30. The van der Waals surface area contributed by atoms with Crippen molar-refractivity contribution >= 4 is 5.91 Å². The third-order valence-corrected chi connectivity index (χ3v) is 3.99. The number of hydrogen-bond donors (Lipinski definition) is 3. The Kier molecular flexibility index (Phi) is 3.51. The van der Waals surface area contributed by atoms with Crippen molar-refractivity contribution in [2.45, 2.75) is 38.8 Å². The number of aromatic nitrogens is 2. The number of amides is 1. The third-order valence-electron chi connectivity index (χ3n) is 3.99. The fourth-order valence-electron chi connectivity index (χ4n) is 2.96. The highest BCUT2D eigenvalue weighted by atomic mass is 16.3. The molecule has 0 saturated carbocycles. The van der Waals surface area contributed by atoms with E-state index in [9.17, 15) is 9.90 Å². The Morgan fingerprint density at radius 3 is 2.86 bits per heavy atom. The zero-order chi connectivity index (χ0) is 15.0. The normalized spacial score (nSPS) is 20.9. The maximum absolute atomic E-state index is 12.4. The van der Waals surface area contributed by atoms with E-state index in [4.69, 9.17) is 0 Å². The van der Waals surface area contributed by atoms with Gasteiger partial charge in [-0.1, -0.05) is 24.3 Å². The van der Waals surface area contributed by atoms with E-state index in [2.05, 4.69) is 15.3 Å². The van der Waals surface area contributed by atoms with Gasteiger partial charge in [-0.05, 0) is 37.8 Å². The number of nitrogens with zero attached hydrogens (tertiary/aromatic N) is 1. The van der Waals surface area contributed by atoms with Crippen LogP contribution in [0, 0.1) is 13.8 Å². The second-order valence-electron chi connectivity index (χ2n) is 5.55. The van der Waals surface area contributed by atoms with Gasteiger partial charge >= 0.3 is 0 Å². The number of nitrogens with one attached hydrogen (secondary N) is 2. The molecule has 3 N–H and O–H groups in total. The number of carbonyl (C=O) groups is 1. The molecule has 2 aromatic rings. The first-order valence-electron chi connectivity index (χ1n) is 7.16. The van der Waals surface area contributed by atoms with E-state index in [-0.39, 0.29) is 11.9 Å². The lowest BCUT2D eigenvalue weighted by Gasteiger charge is -2.30. The molecule has 5 heteroatoms. The van der Waals surface area contributed by atoms with Crippen LogP contribution in [-0.4, -0.2) is 27.1 Å². The third kappa shape index (κ3) is 2.56. The number of carbonyl (C=O) groups excluding carboxylic acids is 1. The molecule has 21 heavy (non-hydrogen) atoms. The second-order valence-corrected chi connectivity index (χ2v) is 5.55. The minimum absolute atomic E-state index is 0.252. The first-order valence-corrected chi connectivity index (χ1v) is 7.16. The van der Waals surface area contributed by atoms with Gasteiger partial charge in [0.05, 0.1) is 12.1 Å². The number of imidazole rings is 1. The summed E-state index contributed by atoms with van der Waals surface area (Å²) < 4.78 is 0. The molecule has 0 bridgehead atoms. The van der Waals surface area contributed by atoms with Gasteiger partial charge in [-0.2, -0.15) is 0 Å². The van der Waals surface area contributed by atoms with E-state index in [1.165, 1.54) is 5.56 Å². The number of fused-ring (bicyclic) bond motifs is 1. The molecule has 110 valence electrons. The van der Waals surface area contributed by atoms with Gasteiger partial charge in [0.2, 0.25) is 0 Å². The van der Waals surface area contributed by atoms with E-state index >= 15 is 0 Å². The van der Waals surface area contributed by atoms with Gasteiger partial charge < -0.3 is 15.4 Å². The SMILES string of the molecule is Cc1nc(C(=O)N[C@@H]2c3ccccc3CC[C@@H]2O)c(C)[nH]1. The monoisotopic (exact) mass is 285 g/mol. The number of hydrogen-bond acceptors (Lipinski definition) is 3. The zero-order valence-corrected chi connectivity index (χ0v) is 12.2. The Morgan fingerprint density at radius 2 is 2.14 bits per heavy atom. The molecule has 1 amide bonds. The van der Waals surface area contributed by atoms with Crippen molar-refractivity contribution in [2.75, 3.05) is 0 Å². The molecule has 1 aromatic carbocycles. The van der Waals surface area contributed by atoms with E-state index < -0.39 is 6.10 Å². The maximum atomic E-state index is 12.4. The number of H-pyrrole nitrogens is 1. The van der Waals surface area contributed by atoms with E-state index in [1.807, 2.05) is 38.1 Å². The van der Waals surface area contributed by atoms with Crippen LogP contribution in [0.2, 0.25) is 0 Å². The molecule has 1 aliphatic carbocycles. The van der Waals surface area contributed by atoms with Crippen LogP contribution in [0.5, 0.6) is 0 Å². The molecule has 3 rings (SSSR count). The number of aliphatic hydroxyl groups excluding tert-OH is 1. The average molecular weight is 285 g/mol. The summed E-state index contributed by atoms with van der Waals surface area (Å²) in [7, 11) is 0. The summed E-state index contributed by atoms with van der Waals surface area (Å²) in [5.74, 6) is 0.458. The molecule has 1 heterocycles. The molecular weight excluding hydrogens is 266 g/mol. The van der Waals surface area contributed by atoms with Crippen LogP contribution in [0.25, 0.3) is 0 Å². The van der Waals surface area contributed by atoms with Gasteiger partial charge in [0.1, 0.15) is 11.5 Å². The summed E-state index contributed by atoms with van der Waals surface area (Å²) >= 11 is 0. The van der Waals surface area contributed by atoms with Crippen molar-refractivity contribution in [1.29, 1.82) is 0 Å². The molecule has 0 radical (unpaired) electrons. The van der Waals surface area contributed by atoms with Gasteiger partial charge in [-0.3, -0.25) is 4.79 Å². The fourth-order valence-corrected chi connectivity index (χ4v) is 2.96. The minimum Gasteiger partial charge on any atom is -0.391 e. The molecule has 0 aliphatic heterocycles. The Morgan fingerprint density at radius 1 is 1.38 bits per heavy atom. The van der Waals surface area contributed by atoms with Crippen LogP contribution < -0.4 is 5.32 Å². The van der Waals surface area contributed by atoms with Crippen LogP contribution in [0.3, 0.4) is 0 Å². The molecule has 2 atom stereocenters. The predicted molar refractivity (Wildman–Crippen MR) is 79.0 cm³/mol. The van der Waals surface area contributed by atoms with Crippen molar-refractivity contribution in [2.24, 2.45) is 0 Å². The largest absolute Gasteiger partial charge is 0.391 e. The first kappa shape index (κ1) is 13.8. The second kappa shape index (κ2) is 5.33. The number of aryl methyl sites for hydroxylation is 3. The highest BCUT2D eigenvalue weighted by molar-refractivity contribution is 5.93. The summed E-state index contributed by atoms with van der Waals surface area (Å²) in [5.41, 5.74) is 3.31. The Hall–Kier alpha value is -2.14. The summed E-state index contributed by atoms with van der Waals surface area (Å²) in [6.07, 6.45) is 0.925. The average Bonchev–Trinajstić information content (AvgIpc) is 2.81. The molecule has 0 fully saturated rings. The van der Waals surface area contributed by atoms with Crippen molar-refractivity contribution < 1.29 is 9.90 Å². The van der Waals surface area contributed by atoms with E-state index in [0.717, 1.165) is 17.7 Å². The molecule has 0 saturated heterocycles. The van der Waals surface area contributed by atoms with Gasteiger partial charge in [-0.25, -0.2) is 4.98 Å². The van der Waals surface area contributed by atoms with Crippen LogP contribution in [-0.2, 0) is 6.42 Å². The molecule has 1 aromatic heterocycles. The Bertz CT molecular complexity index is 678. The minimum atomic E-state index is -0.566. The summed E-state index contributed by atoms with van der Waals surface area (Å²) in [4.78, 5) is 19.6. The fraction of sp³-hybridized carbons (Fsp3) is 0.375. The highest BCUT2D eigenvalue weighted by Crippen LogP contribution is 2.30. The van der Waals surface area contributed by atoms with Crippen molar-refractivity contribution in [3.05, 3.63) is 52.6 Å². The summed E-state index contributed by atoms with van der Waals surface area (Å²) in [6.45, 7) is 3.63. The lowest BCUT2D eigenvalue weighted by molar-refractivity contribution is 0.0787. The Labute approximate surface area is 123 Å². The standard InChI is InChI=1S/C16H19N3O2/c1-9-14(18-10(2)17-9)16(21)19-15-12-6-4-3-5-11(12)7-8-13(15)20/h3-6,13,15,20H,7-8H2,1-2H3,(H,17,18)(H,19,21)/t13-,15+/m0/s1. The van der Waals surface area contributed by atoms with Crippen molar-refractivity contribution in [3.63, 3.8) is 0 Å². The maximum Gasteiger partial charge on any atom is 0.272 e. The number of benzene rings is 1. The Balaban J connectivity index is 1.87. The molecule has 0 spiro atoms. The van der Waals surface area contributed by atoms with Gasteiger partial charge in [-0.15, -0.1) is 0 Å². The topological polar surface area (TPSA) is 78.0 Å². The molecule has 0 unspecified atom stereocenters. The first-order chi connectivity index (χ1) is 10.1. The summed E-state index contributed by atoms with van der Waals surface area (Å²) in [6, 6.07) is 7.55. The number of rotatable bonds is 2. The van der Waals surface area contributed by atoms with Gasteiger partial charge in [0.15, 0.2) is 0 Å². The van der Waals surface area contributed by atoms with Gasteiger partial charge in [0, 0.05) is 5.69 Å². The van der Waals surface area contributed by atoms with Crippen molar-refractivity contribution in [3.8, 4) is 0 Å². The predicted octanol–water partition coefficient (Wildman–Crippen LogP) is 1.80. The molecule has 5 nitrogen and oxygen atoms in total. The van der Waals surface area contributed by atoms with Crippen LogP contribution in [0.1, 0.15) is 45.6 Å². The lowest BCUT2D eigenvalue weighted by Crippen LogP contribution is -2.39. The summed E-state index contributed by atoms with van der Waals surface area (Å²) in [5, 5.41) is 13.2. The molecular formula is C16H19N3O2. The quantitative estimate of drug-likeness (QED) is 0.787. The number of aromatic amines is 1. The smallest absolute Gasteiger partial charge is 0.272 e. The molecule has 1 aliphatic rings. The van der Waals surface area contributed by atoms with Crippen LogP contribution in [0.15, 0.2) is 24.3 Å². The van der Waals surface area contributed by atoms with Crippen LogP contribution in [0.4, 0.5) is 0 Å². The van der Waals surface area contributed by atoms with Crippen LogP contribution >= 0.6 is 0 Å². The van der Waals surface area contributed by atoms with Crippen molar-refractivity contribution in [1.82, 2.24) is 15.3 Å². The van der Waals surface area contributed by atoms with Gasteiger partial charge in [0.25, 0.3) is 5.91 Å². The van der Waals surface area contributed by atoms with E-state index in [1.54, 1.807) is 0 Å². The number of aliphatic hydroxyl groups is 1. The lowest BCUT2D eigenvalue weighted by atomic mass is 9.85.